The van der Waals surface area contributed by atoms with E-state index in [0.29, 0.717) is 5.75 Å². The van der Waals surface area contributed by atoms with Gasteiger partial charge in [-0.05, 0) is 88.9 Å². The van der Waals surface area contributed by atoms with Gasteiger partial charge in [-0.25, -0.2) is 0 Å². The number of phenols is 1. The van der Waals surface area contributed by atoms with Gasteiger partial charge in [-0.2, -0.15) is 5.10 Å². The molecule has 0 spiro atoms. The van der Waals surface area contributed by atoms with E-state index in [2.05, 4.69) is 57.9 Å². The number of hydrazone groups is 1. The average Bonchev–Trinajstić information content (AvgIpc) is 2.93. The van der Waals surface area contributed by atoms with Crippen LogP contribution in [0.2, 0.25) is 0 Å². The lowest BCUT2D eigenvalue weighted by Gasteiger charge is -2.23. The van der Waals surface area contributed by atoms with Crippen molar-refractivity contribution in [3.05, 3.63) is 29.3 Å². The Morgan fingerprint density at radius 1 is 1.00 bits per heavy atom. The predicted octanol–water partition coefficient (Wildman–Crippen LogP) is 9.71. The van der Waals surface area contributed by atoms with Gasteiger partial charge in [0.05, 0.1) is 11.6 Å². The minimum atomic E-state index is -0.349. The van der Waals surface area contributed by atoms with E-state index in [9.17, 15) is 9.90 Å². The molecule has 0 aromatic heterocycles. The summed E-state index contributed by atoms with van der Waals surface area (Å²) in [6.07, 6.45) is 10.7. The maximum atomic E-state index is 11.6. The number of phenolic OH excluding ortho intramolecular Hbond substituents is 1. The van der Waals surface area contributed by atoms with Crippen LogP contribution in [0.5, 0.6) is 5.75 Å². The summed E-state index contributed by atoms with van der Waals surface area (Å²) < 4.78 is 5.30. The van der Waals surface area contributed by atoms with Gasteiger partial charge in [-0.3, -0.25) is 4.79 Å². The minimum absolute atomic E-state index is 0.0446. The standard InChI is InChI=1S/C15H24N2O.C11H22O2.C4H10.C2H6.CH3N/c1-4-6-8-13-11-12(9-10-15(13)18)14(7-5-2)17-16-3;1-6-8-9(7-2)10(12)13-11(3,4)5;1-3-4-2;2*1-2/h9-11,16,18H,4-8H2,1-3H3;9H,6-8H2,1-5H3;3-4H2,1-2H3;1-2H3;2H,1H2/b17-14+;;;;. The largest absolute Gasteiger partial charge is 0.508 e. The van der Waals surface area contributed by atoms with Crippen LogP contribution in [0.25, 0.3) is 0 Å². The quantitative estimate of drug-likeness (QED) is 0.137. The molecule has 6 heteroatoms. The summed E-state index contributed by atoms with van der Waals surface area (Å²) in [4.78, 5) is 11.6. The smallest absolute Gasteiger partial charge is 0.309 e. The Morgan fingerprint density at radius 2 is 1.56 bits per heavy atom. The van der Waals surface area contributed by atoms with Crippen LogP contribution in [0.3, 0.4) is 0 Å². The number of ether oxygens (including phenoxy) is 1. The van der Waals surface area contributed by atoms with E-state index in [1.807, 2.05) is 54.7 Å². The summed E-state index contributed by atoms with van der Waals surface area (Å²) in [5.41, 5.74) is 5.69. The molecule has 0 aliphatic carbocycles. The van der Waals surface area contributed by atoms with Gasteiger partial charge in [0.2, 0.25) is 0 Å². The SMILES string of the molecule is C=N.CC.CCCC.CCCC(CC)C(=O)OC(C)(C)C.CCCCc1cc(/C(CCC)=N/NC)ccc1O. The highest BCUT2D eigenvalue weighted by atomic mass is 16.6. The van der Waals surface area contributed by atoms with Gasteiger partial charge in [0.25, 0.3) is 0 Å². The van der Waals surface area contributed by atoms with Crippen molar-refractivity contribution in [3.63, 3.8) is 0 Å². The molecule has 0 fully saturated rings. The molecular weight excluding hydrogens is 486 g/mol. The predicted molar refractivity (Wildman–Crippen MR) is 174 cm³/mol. The van der Waals surface area contributed by atoms with Crippen molar-refractivity contribution in [1.82, 2.24) is 5.43 Å². The van der Waals surface area contributed by atoms with Gasteiger partial charge < -0.3 is 20.7 Å². The van der Waals surface area contributed by atoms with Crippen molar-refractivity contribution in [3.8, 4) is 5.75 Å². The van der Waals surface area contributed by atoms with E-state index in [0.717, 1.165) is 68.2 Å². The molecule has 0 aliphatic heterocycles. The van der Waals surface area contributed by atoms with Crippen LogP contribution in [0.4, 0.5) is 0 Å². The molecule has 1 aromatic rings. The van der Waals surface area contributed by atoms with Crippen molar-refractivity contribution in [2.45, 2.75) is 146 Å². The van der Waals surface area contributed by atoms with Gasteiger partial charge in [0.1, 0.15) is 11.4 Å². The maximum absolute atomic E-state index is 11.6. The number of unbranched alkanes of at least 4 members (excludes halogenated alkanes) is 2. The van der Waals surface area contributed by atoms with Gasteiger partial charge in [0, 0.05) is 7.05 Å². The van der Waals surface area contributed by atoms with E-state index < -0.39 is 0 Å². The molecule has 0 saturated heterocycles. The highest BCUT2D eigenvalue weighted by Crippen LogP contribution is 2.22. The molecule has 0 aliphatic rings. The normalized spacial score (nSPS) is 11.0. The summed E-state index contributed by atoms with van der Waals surface area (Å²) in [6.45, 7) is 25.0. The fraction of sp³-hybridized carbons (Fsp3) is 0.727. The van der Waals surface area contributed by atoms with Crippen molar-refractivity contribution in [1.29, 1.82) is 5.41 Å². The van der Waals surface area contributed by atoms with Crippen LogP contribution in [-0.4, -0.2) is 36.2 Å². The molecule has 1 aromatic carbocycles. The molecule has 6 nitrogen and oxygen atoms in total. The third-order valence-electron chi connectivity index (χ3n) is 5.32. The van der Waals surface area contributed by atoms with Gasteiger partial charge in [-0.1, -0.05) is 87.5 Å². The van der Waals surface area contributed by atoms with E-state index >= 15 is 0 Å². The highest BCUT2D eigenvalue weighted by molar-refractivity contribution is 6.00. The number of benzene rings is 1. The Hall–Kier alpha value is -2.37. The second-order valence-electron chi connectivity index (χ2n) is 9.91. The summed E-state index contributed by atoms with van der Waals surface area (Å²) in [5.74, 6) is 0.439. The molecule has 1 unspecified atom stereocenters. The third kappa shape index (κ3) is 25.7. The van der Waals surface area contributed by atoms with Crippen LogP contribution < -0.4 is 5.43 Å². The number of hydrogen-bond donors (Lipinski definition) is 3. The number of aromatic hydroxyl groups is 1. The minimum Gasteiger partial charge on any atom is -0.508 e. The van der Waals surface area contributed by atoms with Crippen LogP contribution in [0.1, 0.15) is 145 Å². The molecule has 0 amide bonds. The lowest BCUT2D eigenvalue weighted by Crippen LogP contribution is -2.28. The van der Waals surface area contributed by atoms with Crippen molar-refractivity contribution in [2.24, 2.45) is 11.0 Å². The Kier molecular flexibility index (Phi) is 33.8. The molecule has 0 radical (unpaired) electrons. The van der Waals surface area contributed by atoms with Gasteiger partial charge in [0.15, 0.2) is 0 Å². The van der Waals surface area contributed by atoms with Crippen LogP contribution in [0, 0.1) is 11.3 Å². The first-order valence-corrected chi connectivity index (χ1v) is 15.2. The second kappa shape index (κ2) is 30.2. The summed E-state index contributed by atoms with van der Waals surface area (Å²) in [6, 6.07) is 5.79. The molecule has 39 heavy (non-hydrogen) atoms. The first kappa shape index (κ1) is 43.7. The van der Waals surface area contributed by atoms with E-state index in [1.54, 1.807) is 6.07 Å². The Bertz CT molecular complexity index is 711. The number of hydrogen-bond acceptors (Lipinski definition) is 6. The zero-order chi connectivity index (χ0) is 31.3. The van der Waals surface area contributed by atoms with Crippen LogP contribution >= 0.6 is 0 Å². The van der Waals surface area contributed by atoms with Crippen molar-refractivity contribution in [2.75, 3.05) is 7.05 Å². The maximum Gasteiger partial charge on any atom is 0.309 e. The lowest BCUT2D eigenvalue weighted by atomic mass is 10.00. The summed E-state index contributed by atoms with van der Waals surface area (Å²) in [7, 11) is 1.81. The number of esters is 1. The van der Waals surface area contributed by atoms with Crippen molar-refractivity contribution < 1.29 is 14.6 Å². The Morgan fingerprint density at radius 3 is 1.95 bits per heavy atom. The number of rotatable bonds is 12. The highest BCUT2D eigenvalue weighted by Gasteiger charge is 2.22. The molecule has 1 rings (SSSR count). The Labute approximate surface area is 242 Å². The molecule has 1 atom stereocenters. The van der Waals surface area contributed by atoms with Crippen molar-refractivity contribution >= 4 is 18.4 Å². The molecular formula is C33H65N3O3. The second-order valence-corrected chi connectivity index (χ2v) is 9.91. The zero-order valence-electron chi connectivity index (χ0n) is 27.8. The zero-order valence-corrected chi connectivity index (χ0v) is 27.8. The van der Waals surface area contributed by atoms with E-state index in [4.69, 9.17) is 10.1 Å². The van der Waals surface area contributed by atoms with Gasteiger partial charge in [-0.15, -0.1) is 0 Å². The fourth-order valence-corrected chi connectivity index (χ4v) is 3.19. The third-order valence-corrected chi connectivity index (χ3v) is 5.32. The molecule has 0 heterocycles. The molecule has 3 N–H and O–H groups in total. The monoisotopic (exact) mass is 552 g/mol. The van der Waals surface area contributed by atoms with E-state index in [-0.39, 0.29) is 17.5 Å². The number of nitrogens with one attached hydrogen (secondary N) is 2. The molecule has 230 valence electrons. The van der Waals surface area contributed by atoms with E-state index in [1.165, 1.54) is 12.8 Å². The number of carbonyl (C=O) groups is 1. The van der Waals surface area contributed by atoms with Crippen LogP contribution in [0.15, 0.2) is 23.3 Å². The molecule has 0 bridgehead atoms. The number of aryl methyl sites for hydroxylation is 1. The fourth-order valence-electron chi connectivity index (χ4n) is 3.19. The Balaban J connectivity index is -0.000000255. The number of nitrogens with zero attached hydrogens (tertiary/aromatic N) is 1. The topological polar surface area (TPSA) is 94.8 Å². The average molecular weight is 552 g/mol. The summed E-state index contributed by atoms with van der Waals surface area (Å²) in [5, 5.41) is 19.7. The van der Waals surface area contributed by atoms with Gasteiger partial charge >= 0.3 is 5.97 Å². The molecule has 0 saturated carbocycles. The van der Waals surface area contributed by atoms with Crippen LogP contribution in [-0.2, 0) is 16.0 Å². The first-order chi connectivity index (χ1) is 18.5. The summed E-state index contributed by atoms with van der Waals surface area (Å²) >= 11 is 0. The lowest BCUT2D eigenvalue weighted by molar-refractivity contribution is -0.160. The number of carbonyl (C=O) groups excluding carboxylic acids is 1. The first-order valence-electron chi connectivity index (χ1n) is 15.2.